The summed E-state index contributed by atoms with van der Waals surface area (Å²) in [5.74, 6) is -0.372. The van der Waals surface area contributed by atoms with Crippen molar-refractivity contribution < 1.29 is 18.0 Å². The molecule has 0 radical (unpaired) electrons. The summed E-state index contributed by atoms with van der Waals surface area (Å²) in [6.07, 6.45) is -0.103. The average molecular weight is 405 g/mol. The number of nitrogens with zero attached hydrogens (tertiary/aromatic N) is 1. The van der Waals surface area contributed by atoms with Crippen molar-refractivity contribution in [3.8, 4) is 0 Å². The molecule has 1 aliphatic heterocycles. The van der Waals surface area contributed by atoms with E-state index in [0.29, 0.717) is 5.69 Å². The molecule has 142 valence electrons. The Morgan fingerprint density at radius 2 is 1.89 bits per heavy atom. The number of carbonyl (C=O) groups excluding carboxylic acids is 2. The topological polar surface area (TPSA) is 83.6 Å². The predicted molar refractivity (Wildman–Crippen MR) is 107 cm³/mol. The molecule has 27 heavy (non-hydrogen) atoms. The van der Waals surface area contributed by atoms with E-state index >= 15 is 0 Å². The van der Waals surface area contributed by atoms with Gasteiger partial charge < -0.3 is 10.2 Å². The maximum absolute atomic E-state index is 12.6. The Morgan fingerprint density at radius 3 is 2.59 bits per heavy atom. The minimum absolute atomic E-state index is 0.103. The lowest BCUT2D eigenvalue weighted by Crippen LogP contribution is -2.28. The van der Waals surface area contributed by atoms with Crippen LogP contribution in [0.3, 0.4) is 0 Å². The molecule has 0 fully saturated rings. The van der Waals surface area contributed by atoms with E-state index in [1.54, 1.807) is 19.2 Å². The van der Waals surface area contributed by atoms with Crippen molar-refractivity contribution >= 4 is 44.8 Å². The van der Waals surface area contributed by atoms with E-state index in [1.807, 2.05) is 31.2 Å². The molecule has 0 aromatic heterocycles. The molecule has 0 saturated heterocycles. The molecule has 0 spiro atoms. The van der Waals surface area contributed by atoms with E-state index in [2.05, 4.69) is 5.32 Å². The molecule has 2 amide bonds. The van der Waals surface area contributed by atoms with Gasteiger partial charge in [-0.3, -0.25) is 9.59 Å². The number of aryl methyl sites for hydroxylation is 1. The molecular weight excluding hydrogens is 384 g/mol. The van der Waals surface area contributed by atoms with Gasteiger partial charge in [-0.05, 0) is 37.3 Å². The third kappa shape index (κ3) is 4.51. The monoisotopic (exact) mass is 404 g/mol. The molecule has 8 heteroatoms. The highest BCUT2D eigenvalue weighted by Gasteiger charge is 2.22. The van der Waals surface area contributed by atoms with Crippen LogP contribution in [-0.2, 0) is 19.4 Å². The van der Waals surface area contributed by atoms with Crippen LogP contribution in [0.25, 0.3) is 0 Å². The Labute approximate surface area is 162 Å². The first-order valence-corrected chi connectivity index (χ1v) is 11.0. The molecule has 2 aromatic carbocycles. The van der Waals surface area contributed by atoms with Crippen molar-refractivity contribution in [2.45, 2.75) is 23.1 Å². The number of carbonyl (C=O) groups is 2. The quantitative estimate of drug-likeness (QED) is 0.828. The summed E-state index contributed by atoms with van der Waals surface area (Å²) in [5, 5.41) is 2.71. The van der Waals surface area contributed by atoms with Gasteiger partial charge >= 0.3 is 0 Å². The van der Waals surface area contributed by atoms with Gasteiger partial charge in [0.05, 0.1) is 22.1 Å². The SMILES string of the molecule is Cc1ccc(N(C)C(=O)CCS(=O)(=O)c2ccc3c(c2)SCC(=O)N3)cc1. The highest BCUT2D eigenvalue weighted by atomic mass is 32.2. The highest BCUT2D eigenvalue weighted by molar-refractivity contribution is 8.00. The number of hydrogen-bond acceptors (Lipinski definition) is 5. The smallest absolute Gasteiger partial charge is 0.234 e. The van der Waals surface area contributed by atoms with Crippen LogP contribution in [-0.4, -0.2) is 38.8 Å². The molecule has 1 heterocycles. The standard InChI is InChI=1S/C19H20N2O4S2/c1-13-3-5-14(6-4-13)21(2)19(23)9-10-27(24,25)15-7-8-16-17(11-15)26-12-18(22)20-16/h3-8,11H,9-10,12H2,1-2H3,(H,20,22). The van der Waals surface area contributed by atoms with Crippen molar-refractivity contribution in [2.75, 3.05) is 28.8 Å². The number of sulfone groups is 1. The summed E-state index contributed by atoms with van der Waals surface area (Å²) in [5.41, 5.74) is 2.43. The number of nitrogens with one attached hydrogen (secondary N) is 1. The summed E-state index contributed by atoms with van der Waals surface area (Å²) in [7, 11) is -1.96. The van der Waals surface area contributed by atoms with Gasteiger partial charge in [-0.2, -0.15) is 0 Å². The molecule has 0 saturated carbocycles. The minimum atomic E-state index is -3.60. The van der Waals surface area contributed by atoms with Gasteiger partial charge in [0, 0.05) is 24.1 Å². The van der Waals surface area contributed by atoms with Crippen molar-refractivity contribution in [2.24, 2.45) is 0 Å². The molecule has 0 unspecified atom stereocenters. The van der Waals surface area contributed by atoms with Crippen LogP contribution in [0, 0.1) is 6.92 Å². The predicted octanol–water partition coefficient (Wildman–Crippen LogP) is 2.87. The Hall–Kier alpha value is -2.32. The first-order chi connectivity index (χ1) is 12.8. The van der Waals surface area contributed by atoms with Gasteiger partial charge in [-0.25, -0.2) is 8.42 Å². The van der Waals surface area contributed by atoms with Crippen molar-refractivity contribution in [1.29, 1.82) is 0 Å². The summed E-state index contributed by atoms with van der Waals surface area (Å²) >= 11 is 1.30. The fraction of sp³-hybridized carbons (Fsp3) is 0.263. The maximum Gasteiger partial charge on any atom is 0.234 e. The molecule has 3 rings (SSSR count). The highest BCUT2D eigenvalue weighted by Crippen LogP contribution is 2.33. The van der Waals surface area contributed by atoms with Crippen LogP contribution in [0.5, 0.6) is 0 Å². The largest absolute Gasteiger partial charge is 0.324 e. The summed E-state index contributed by atoms with van der Waals surface area (Å²) in [6, 6.07) is 12.1. The van der Waals surface area contributed by atoms with Crippen LogP contribution in [0.4, 0.5) is 11.4 Å². The third-order valence-corrected chi connectivity index (χ3v) is 7.09. The average Bonchev–Trinajstić information content (AvgIpc) is 2.65. The number of hydrogen-bond donors (Lipinski definition) is 1. The van der Waals surface area contributed by atoms with Gasteiger partial charge in [-0.15, -0.1) is 11.8 Å². The zero-order valence-electron chi connectivity index (χ0n) is 15.1. The van der Waals surface area contributed by atoms with Crippen LogP contribution in [0.15, 0.2) is 52.3 Å². The van der Waals surface area contributed by atoms with E-state index in [-0.39, 0.29) is 34.6 Å². The van der Waals surface area contributed by atoms with Crippen LogP contribution in [0.2, 0.25) is 0 Å². The molecule has 0 aliphatic carbocycles. The number of anilines is 2. The van der Waals surface area contributed by atoms with E-state index in [1.165, 1.54) is 22.7 Å². The zero-order valence-corrected chi connectivity index (χ0v) is 16.7. The van der Waals surface area contributed by atoms with E-state index in [4.69, 9.17) is 0 Å². The van der Waals surface area contributed by atoms with E-state index < -0.39 is 9.84 Å². The van der Waals surface area contributed by atoms with Gasteiger partial charge in [0.1, 0.15) is 0 Å². The summed E-state index contributed by atoms with van der Waals surface area (Å²) in [4.78, 5) is 26.1. The molecule has 2 aromatic rings. The molecule has 0 atom stereocenters. The van der Waals surface area contributed by atoms with Gasteiger partial charge in [-0.1, -0.05) is 17.7 Å². The lowest BCUT2D eigenvalue weighted by atomic mass is 10.2. The Kier molecular flexibility index (Phi) is 5.57. The summed E-state index contributed by atoms with van der Waals surface area (Å²) < 4.78 is 25.2. The van der Waals surface area contributed by atoms with Gasteiger partial charge in [0.25, 0.3) is 0 Å². The molecule has 1 N–H and O–H groups in total. The van der Waals surface area contributed by atoms with E-state index in [9.17, 15) is 18.0 Å². The van der Waals surface area contributed by atoms with Crippen molar-refractivity contribution in [1.82, 2.24) is 0 Å². The van der Waals surface area contributed by atoms with Crippen LogP contribution < -0.4 is 10.2 Å². The first-order valence-electron chi connectivity index (χ1n) is 8.39. The second-order valence-corrected chi connectivity index (χ2v) is 9.48. The fourth-order valence-electron chi connectivity index (χ4n) is 2.67. The molecular formula is C19H20N2O4S2. The number of rotatable bonds is 5. The minimum Gasteiger partial charge on any atom is -0.324 e. The van der Waals surface area contributed by atoms with Crippen molar-refractivity contribution in [3.63, 3.8) is 0 Å². The van der Waals surface area contributed by atoms with Gasteiger partial charge in [0.2, 0.25) is 11.8 Å². The van der Waals surface area contributed by atoms with Crippen molar-refractivity contribution in [3.05, 3.63) is 48.0 Å². The Balaban J connectivity index is 1.68. The van der Waals surface area contributed by atoms with E-state index in [0.717, 1.165) is 16.1 Å². The first kappa shape index (κ1) is 19.4. The Morgan fingerprint density at radius 1 is 1.19 bits per heavy atom. The summed E-state index contributed by atoms with van der Waals surface area (Å²) in [6.45, 7) is 1.96. The second kappa shape index (κ2) is 7.74. The number of amides is 2. The number of fused-ring (bicyclic) bond motifs is 1. The lowest BCUT2D eigenvalue weighted by molar-refractivity contribution is -0.118. The number of benzene rings is 2. The second-order valence-electron chi connectivity index (χ2n) is 6.35. The van der Waals surface area contributed by atoms with Crippen LogP contribution >= 0.6 is 11.8 Å². The molecule has 6 nitrogen and oxygen atoms in total. The fourth-order valence-corrected chi connectivity index (χ4v) is 4.84. The van der Waals surface area contributed by atoms with Crippen LogP contribution in [0.1, 0.15) is 12.0 Å². The maximum atomic E-state index is 12.6. The lowest BCUT2D eigenvalue weighted by Gasteiger charge is -2.18. The van der Waals surface area contributed by atoms with Gasteiger partial charge in [0.15, 0.2) is 9.84 Å². The zero-order chi connectivity index (χ0) is 19.6. The third-order valence-electron chi connectivity index (χ3n) is 4.33. The molecule has 0 bridgehead atoms. The molecule has 1 aliphatic rings. The Bertz CT molecular complexity index is 985. The normalized spacial score (nSPS) is 13.6. The number of thioether (sulfide) groups is 1.